The van der Waals surface area contributed by atoms with Crippen molar-refractivity contribution in [1.82, 2.24) is 0 Å². The maximum absolute atomic E-state index is 15.1. The molecule has 0 radical (unpaired) electrons. The van der Waals surface area contributed by atoms with Crippen LogP contribution in [0, 0.1) is 50.2 Å². The molecule has 444 valence electrons. The van der Waals surface area contributed by atoms with Crippen molar-refractivity contribution >= 4 is 23.9 Å². The molecule has 4 saturated carbocycles. The zero-order valence-corrected chi connectivity index (χ0v) is 45.5. The van der Waals surface area contributed by atoms with E-state index >= 15 is 4.79 Å². The Morgan fingerprint density at radius 3 is 1.83 bits per heavy atom. The van der Waals surface area contributed by atoms with Gasteiger partial charge in [0.2, 0.25) is 6.29 Å². The molecule has 0 aromatic carbocycles. The summed E-state index contributed by atoms with van der Waals surface area (Å²) in [4.78, 5) is 52.3. The number of carbonyl (C=O) groups excluding carboxylic acids is 2. The first-order valence-electron chi connectivity index (χ1n) is 27.4. The summed E-state index contributed by atoms with van der Waals surface area (Å²) in [6.45, 7) is 11.7. The van der Waals surface area contributed by atoms with Gasteiger partial charge in [-0.15, -0.1) is 0 Å². The molecule has 0 bridgehead atoms. The Bertz CT molecular complexity index is 2260. The molecule has 8 aliphatic rings. The van der Waals surface area contributed by atoms with E-state index in [2.05, 4.69) is 40.7 Å². The molecule has 3 aliphatic heterocycles. The van der Waals surface area contributed by atoms with Gasteiger partial charge in [-0.05, 0) is 117 Å². The number of carboxylic acids is 2. The Labute approximate surface area is 452 Å². The van der Waals surface area contributed by atoms with Crippen LogP contribution in [0.15, 0.2) is 11.6 Å². The highest BCUT2D eigenvalue weighted by Crippen LogP contribution is 2.76. The third kappa shape index (κ3) is 10.5. The van der Waals surface area contributed by atoms with Crippen LogP contribution in [0.4, 0.5) is 0 Å². The van der Waals surface area contributed by atoms with Crippen LogP contribution in [-0.4, -0.2) is 214 Å². The third-order valence-electron chi connectivity index (χ3n) is 20.7. The number of aliphatic carboxylic acids is 2. The number of aliphatic hydroxyl groups is 11. The average molecular weight is 1120 g/mol. The smallest absolute Gasteiger partial charge is 0.315 e. The summed E-state index contributed by atoms with van der Waals surface area (Å²) in [6.07, 6.45) is -20.7. The summed E-state index contributed by atoms with van der Waals surface area (Å²) in [5.41, 5.74) is -5.04. The van der Waals surface area contributed by atoms with Crippen LogP contribution in [-0.2, 0) is 52.3 Å². The van der Waals surface area contributed by atoms with Crippen molar-refractivity contribution in [2.24, 2.45) is 50.2 Å². The third-order valence-corrected chi connectivity index (χ3v) is 20.7. The van der Waals surface area contributed by atoms with E-state index in [9.17, 15) is 75.7 Å². The summed E-state index contributed by atoms with van der Waals surface area (Å²) in [6, 6.07) is 0. The van der Waals surface area contributed by atoms with Gasteiger partial charge >= 0.3 is 23.9 Å². The topological polar surface area (TPSA) is 396 Å². The number of aliphatic hydroxyl groups excluding tert-OH is 10. The minimum Gasteiger partial charge on any atom is -0.481 e. The lowest BCUT2D eigenvalue weighted by Gasteiger charge is -2.71. The number of allylic oxidation sites excluding steroid dienone is 2. The molecule has 0 aromatic rings. The molecule has 3 heterocycles. The first-order chi connectivity index (χ1) is 36.2. The maximum Gasteiger partial charge on any atom is 0.315 e. The standard InChI is InChI=1S/C54H84O24/c1-48(2)14-16-54(47(70)78-45-42(67)39(64)36(61)28(76-45)23-73-43-40(65)38(63)35(60)27(75-43)22-72-33(58)20-49(3,71)19-32(56)57)17-15-51(5)24(25(54)18-48)8-9-29-50(4)12-11-31(53(7,46(68)69)30(50)10-13-52(29,51)6)77-44-41(66)37(62)34(59)26(21-55)74-44/h8,25-31,34-45,55,59-67,71H,9-23H2,1-7H3,(H,56,57)(H,68,69). The van der Waals surface area contributed by atoms with Gasteiger partial charge in [0.1, 0.15) is 79.9 Å². The molecule has 24 nitrogen and oxygen atoms in total. The fourth-order valence-corrected chi connectivity index (χ4v) is 15.8. The number of fused-ring (bicyclic) bond motifs is 7. The predicted octanol–water partition coefficient (Wildman–Crippen LogP) is -0.628. The summed E-state index contributed by atoms with van der Waals surface area (Å²) in [7, 11) is 0. The molecular weight excluding hydrogens is 1030 g/mol. The van der Waals surface area contributed by atoms with Crippen molar-refractivity contribution < 1.29 is 119 Å². The molecule has 25 atom stereocenters. The quantitative estimate of drug-likeness (QED) is 0.0552. The number of hydrogen-bond donors (Lipinski definition) is 13. The zero-order chi connectivity index (χ0) is 57.6. The van der Waals surface area contributed by atoms with Gasteiger partial charge in [0.05, 0.1) is 48.6 Å². The lowest BCUT2D eigenvalue weighted by Crippen LogP contribution is -2.67. The van der Waals surface area contributed by atoms with Crippen LogP contribution >= 0.6 is 0 Å². The Kier molecular flexibility index (Phi) is 17.2. The van der Waals surface area contributed by atoms with Crippen LogP contribution in [0.5, 0.6) is 0 Å². The normalized spacial score (nSPS) is 48.8. The van der Waals surface area contributed by atoms with Crippen molar-refractivity contribution in [3.05, 3.63) is 11.6 Å². The molecule has 0 spiro atoms. The Balaban J connectivity index is 0.979. The van der Waals surface area contributed by atoms with Gasteiger partial charge < -0.3 is 99.5 Å². The van der Waals surface area contributed by atoms with E-state index in [0.29, 0.717) is 57.8 Å². The van der Waals surface area contributed by atoms with Crippen LogP contribution in [0.25, 0.3) is 0 Å². The average Bonchev–Trinajstić information content (AvgIpc) is 3.37. The van der Waals surface area contributed by atoms with E-state index in [-0.39, 0.29) is 29.1 Å². The monoisotopic (exact) mass is 1120 g/mol. The van der Waals surface area contributed by atoms with Crippen molar-refractivity contribution in [3.8, 4) is 0 Å². The number of rotatable bonds is 15. The van der Waals surface area contributed by atoms with E-state index < -0.39 is 188 Å². The molecule has 13 N–H and O–H groups in total. The first-order valence-corrected chi connectivity index (χ1v) is 27.4. The van der Waals surface area contributed by atoms with Crippen LogP contribution < -0.4 is 0 Å². The van der Waals surface area contributed by atoms with E-state index in [1.165, 1.54) is 0 Å². The molecule has 78 heavy (non-hydrogen) atoms. The molecule has 7 fully saturated rings. The lowest BCUT2D eigenvalue weighted by molar-refractivity contribution is -0.329. The molecule has 24 heteroatoms. The molecule has 25 unspecified atom stereocenters. The summed E-state index contributed by atoms with van der Waals surface area (Å²) in [5.74, 6) is -4.93. The van der Waals surface area contributed by atoms with Crippen molar-refractivity contribution in [1.29, 1.82) is 0 Å². The SMILES string of the molecule is CC1(C)CCC2(C(=O)OC3OC(COC4OC(COC(=O)CC(C)(O)CC(=O)O)C(O)C(O)C4O)C(O)C(O)C3O)CCC3(C)C(=CCC4C5(C)CCC(OC6OC(CO)C(O)C(O)C6O)C(C)(C(=O)O)C5CCC43C)C2C1. The Hall–Kier alpha value is -3.02. The summed E-state index contributed by atoms with van der Waals surface area (Å²) in [5, 5.41) is 138. The second-order valence-electron chi connectivity index (χ2n) is 26.0. The first kappa shape index (κ1) is 61.1. The van der Waals surface area contributed by atoms with Gasteiger partial charge in [-0.2, -0.15) is 0 Å². The second kappa shape index (κ2) is 22.0. The molecule has 5 aliphatic carbocycles. The molecule has 8 rings (SSSR count). The number of ether oxygens (including phenoxy) is 7. The van der Waals surface area contributed by atoms with E-state index in [4.69, 9.17) is 38.3 Å². The zero-order valence-electron chi connectivity index (χ0n) is 45.5. The van der Waals surface area contributed by atoms with Crippen LogP contribution in [0.2, 0.25) is 0 Å². The minimum absolute atomic E-state index is 0.0178. The van der Waals surface area contributed by atoms with Crippen molar-refractivity contribution in [2.45, 2.75) is 229 Å². The molecule has 0 amide bonds. The second-order valence-corrected chi connectivity index (χ2v) is 26.0. The number of carbonyl (C=O) groups is 4. The summed E-state index contributed by atoms with van der Waals surface area (Å²) < 4.78 is 40.5. The molecule has 3 saturated heterocycles. The number of esters is 2. The fourth-order valence-electron chi connectivity index (χ4n) is 15.8. The van der Waals surface area contributed by atoms with Gasteiger partial charge in [0.25, 0.3) is 0 Å². The van der Waals surface area contributed by atoms with Gasteiger partial charge in [-0.1, -0.05) is 46.3 Å². The number of hydrogen-bond acceptors (Lipinski definition) is 22. The van der Waals surface area contributed by atoms with Crippen molar-refractivity contribution in [2.75, 3.05) is 19.8 Å². The molecular formula is C54H84O24. The maximum atomic E-state index is 15.1. The fraction of sp³-hybridized carbons (Fsp3) is 0.889. The van der Waals surface area contributed by atoms with Gasteiger partial charge in [0.15, 0.2) is 12.6 Å². The largest absolute Gasteiger partial charge is 0.481 e. The van der Waals surface area contributed by atoms with E-state index in [1.807, 2.05) is 0 Å². The highest BCUT2D eigenvalue weighted by molar-refractivity contribution is 5.79. The highest BCUT2D eigenvalue weighted by atomic mass is 16.7. The molecule has 0 aromatic heterocycles. The van der Waals surface area contributed by atoms with Crippen molar-refractivity contribution in [3.63, 3.8) is 0 Å². The van der Waals surface area contributed by atoms with Gasteiger partial charge in [0, 0.05) is 0 Å². The van der Waals surface area contributed by atoms with Crippen LogP contribution in [0.1, 0.15) is 126 Å². The summed E-state index contributed by atoms with van der Waals surface area (Å²) >= 11 is 0. The van der Waals surface area contributed by atoms with Gasteiger partial charge in [-0.25, -0.2) is 0 Å². The number of carboxylic acid groups (broad SMARTS) is 2. The van der Waals surface area contributed by atoms with E-state index in [1.54, 1.807) is 6.92 Å². The minimum atomic E-state index is -1.97. The Morgan fingerprint density at radius 2 is 1.22 bits per heavy atom. The lowest BCUT2D eigenvalue weighted by atomic mass is 9.33. The predicted molar refractivity (Wildman–Crippen MR) is 264 cm³/mol. The Morgan fingerprint density at radius 1 is 0.654 bits per heavy atom. The highest BCUT2D eigenvalue weighted by Gasteiger charge is 2.72. The van der Waals surface area contributed by atoms with Crippen LogP contribution in [0.3, 0.4) is 0 Å². The van der Waals surface area contributed by atoms with Gasteiger partial charge in [-0.3, -0.25) is 19.2 Å². The van der Waals surface area contributed by atoms with E-state index in [0.717, 1.165) is 12.5 Å².